The van der Waals surface area contributed by atoms with Crippen LogP contribution in [-0.2, 0) is 0 Å². The van der Waals surface area contributed by atoms with Crippen molar-refractivity contribution in [3.63, 3.8) is 0 Å². The van der Waals surface area contributed by atoms with Crippen molar-refractivity contribution < 1.29 is 4.74 Å². The van der Waals surface area contributed by atoms with Crippen LogP contribution in [0.5, 0.6) is 5.75 Å². The third-order valence-corrected chi connectivity index (χ3v) is 3.58. The first kappa shape index (κ1) is 9.60. The summed E-state index contributed by atoms with van der Waals surface area (Å²) in [6.07, 6.45) is 4.39. The lowest BCUT2D eigenvalue weighted by Crippen LogP contribution is -2.31. The number of nitrogens with zero attached hydrogens (tertiary/aromatic N) is 1. The highest BCUT2D eigenvalue weighted by Crippen LogP contribution is 2.40. The second-order valence-corrected chi connectivity index (χ2v) is 5.14. The Kier molecular flexibility index (Phi) is 2.41. The summed E-state index contributed by atoms with van der Waals surface area (Å²) < 4.78 is 6.51. The Bertz CT molecular complexity index is 344. The smallest absolute Gasteiger partial charge is 0.137 e. The molecule has 15 heavy (non-hydrogen) atoms. The van der Waals surface area contributed by atoms with Gasteiger partial charge in [0.05, 0.1) is 6.20 Å². The first-order valence-corrected chi connectivity index (χ1v) is 6.11. The maximum Gasteiger partial charge on any atom is 0.137 e. The van der Waals surface area contributed by atoms with Crippen LogP contribution < -0.4 is 10.1 Å². The van der Waals surface area contributed by atoms with E-state index in [9.17, 15) is 0 Å². The SMILES string of the molecule is Brc1ccc(OC[C@@H]2C[C@H]3C[C@H]3N2)cn1. The van der Waals surface area contributed by atoms with Gasteiger partial charge in [0.2, 0.25) is 0 Å². The van der Waals surface area contributed by atoms with Gasteiger partial charge in [0, 0.05) is 12.1 Å². The molecule has 1 saturated heterocycles. The lowest BCUT2D eigenvalue weighted by molar-refractivity contribution is 0.267. The number of rotatable bonds is 3. The van der Waals surface area contributed by atoms with E-state index < -0.39 is 0 Å². The van der Waals surface area contributed by atoms with Crippen LogP contribution in [0.2, 0.25) is 0 Å². The standard InChI is InChI=1S/C11H13BrN2O/c12-11-2-1-9(5-13-11)15-6-8-3-7-4-10(7)14-8/h1-2,5,7-8,10,14H,3-4,6H2/t7-,8-,10+/m0/s1. The lowest BCUT2D eigenvalue weighted by Gasteiger charge is -2.13. The Morgan fingerprint density at radius 1 is 1.47 bits per heavy atom. The van der Waals surface area contributed by atoms with E-state index in [4.69, 9.17) is 4.74 Å². The van der Waals surface area contributed by atoms with Crippen molar-refractivity contribution in [2.75, 3.05) is 6.61 Å². The van der Waals surface area contributed by atoms with E-state index >= 15 is 0 Å². The summed E-state index contributed by atoms with van der Waals surface area (Å²) >= 11 is 3.30. The first-order valence-electron chi connectivity index (χ1n) is 5.31. The molecule has 1 aromatic heterocycles. The molecular weight excluding hydrogens is 256 g/mol. The maximum atomic E-state index is 5.67. The van der Waals surface area contributed by atoms with Crippen LogP contribution >= 0.6 is 15.9 Å². The van der Waals surface area contributed by atoms with Gasteiger partial charge in [-0.15, -0.1) is 0 Å². The Morgan fingerprint density at radius 3 is 3.07 bits per heavy atom. The van der Waals surface area contributed by atoms with Crippen LogP contribution in [0, 0.1) is 5.92 Å². The molecule has 1 aliphatic carbocycles. The normalized spacial score (nSPS) is 32.5. The third-order valence-electron chi connectivity index (χ3n) is 3.11. The van der Waals surface area contributed by atoms with Crippen LogP contribution in [0.4, 0.5) is 0 Å². The van der Waals surface area contributed by atoms with E-state index in [1.165, 1.54) is 12.8 Å². The summed E-state index contributed by atoms with van der Waals surface area (Å²) in [5.41, 5.74) is 0. The molecule has 0 aromatic carbocycles. The summed E-state index contributed by atoms with van der Waals surface area (Å²) in [7, 11) is 0. The van der Waals surface area contributed by atoms with E-state index in [1.54, 1.807) is 6.20 Å². The van der Waals surface area contributed by atoms with Gasteiger partial charge in [-0.05, 0) is 46.8 Å². The number of fused-ring (bicyclic) bond motifs is 1. The number of hydrogen-bond acceptors (Lipinski definition) is 3. The molecule has 4 heteroatoms. The first-order chi connectivity index (χ1) is 7.31. The number of hydrogen-bond donors (Lipinski definition) is 1. The summed E-state index contributed by atoms with van der Waals surface area (Å²) in [5, 5.41) is 3.55. The van der Waals surface area contributed by atoms with E-state index in [0.29, 0.717) is 6.04 Å². The number of nitrogens with one attached hydrogen (secondary N) is 1. The van der Waals surface area contributed by atoms with Crippen molar-refractivity contribution in [1.82, 2.24) is 10.3 Å². The molecule has 3 rings (SSSR count). The van der Waals surface area contributed by atoms with Crippen molar-refractivity contribution in [3.05, 3.63) is 22.9 Å². The molecule has 0 amide bonds. The van der Waals surface area contributed by atoms with Crippen molar-refractivity contribution in [2.24, 2.45) is 5.92 Å². The molecule has 3 nitrogen and oxygen atoms in total. The van der Waals surface area contributed by atoms with Gasteiger partial charge in [-0.25, -0.2) is 4.98 Å². The fourth-order valence-electron chi connectivity index (χ4n) is 2.21. The molecule has 0 radical (unpaired) electrons. The maximum absolute atomic E-state index is 5.67. The van der Waals surface area contributed by atoms with Gasteiger partial charge in [-0.1, -0.05) is 0 Å². The average Bonchev–Trinajstić information content (AvgIpc) is 2.86. The molecule has 0 bridgehead atoms. The molecule has 1 aliphatic heterocycles. The van der Waals surface area contributed by atoms with Crippen LogP contribution in [0.1, 0.15) is 12.8 Å². The summed E-state index contributed by atoms with van der Waals surface area (Å²) in [6.45, 7) is 0.760. The fraction of sp³-hybridized carbons (Fsp3) is 0.545. The molecule has 1 N–H and O–H groups in total. The minimum Gasteiger partial charge on any atom is -0.490 e. The van der Waals surface area contributed by atoms with Gasteiger partial charge < -0.3 is 10.1 Å². The second kappa shape index (κ2) is 3.76. The minimum absolute atomic E-state index is 0.539. The van der Waals surface area contributed by atoms with Crippen LogP contribution in [-0.4, -0.2) is 23.7 Å². The molecule has 0 spiro atoms. The zero-order valence-corrected chi connectivity index (χ0v) is 9.90. The Morgan fingerprint density at radius 2 is 2.40 bits per heavy atom. The van der Waals surface area contributed by atoms with Gasteiger partial charge in [0.25, 0.3) is 0 Å². The fourth-order valence-corrected chi connectivity index (χ4v) is 2.44. The summed E-state index contributed by atoms with van der Waals surface area (Å²) in [6, 6.07) is 5.17. The largest absolute Gasteiger partial charge is 0.490 e. The monoisotopic (exact) mass is 268 g/mol. The zero-order chi connectivity index (χ0) is 10.3. The predicted molar refractivity (Wildman–Crippen MR) is 60.9 cm³/mol. The summed E-state index contributed by atoms with van der Waals surface area (Å²) in [4.78, 5) is 4.12. The number of aromatic nitrogens is 1. The van der Waals surface area contributed by atoms with Gasteiger partial charge in [0.15, 0.2) is 0 Å². The Labute approximate surface area is 97.4 Å². The molecule has 2 heterocycles. The van der Waals surface area contributed by atoms with E-state index in [1.807, 2.05) is 12.1 Å². The van der Waals surface area contributed by atoms with E-state index in [0.717, 1.165) is 28.9 Å². The van der Waals surface area contributed by atoms with Gasteiger partial charge >= 0.3 is 0 Å². The quantitative estimate of drug-likeness (QED) is 0.852. The summed E-state index contributed by atoms with van der Waals surface area (Å²) in [5.74, 6) is 1.78. The third kappa shape index (κ3) is 2.16. The van der Waals surface area contributed by atoms with Gasteiger partial charge in [-0.2, -0.15) is 0 Å². The van der Waals surface area contributed by atoms with Crippen molar-refractivity contribution in [1.29, 1.82) is 0 Å². The van der Waals surface area contributed by atoms with Crippen molar-refractivity contribution >= 4 is 15.9 Å². The van der Waals surface area contributed by atoms with Crippen LogP contribution in [0.3, 0.4) is 0 Å². The van der Waals surface area contributed by atoms with Crippen molar-refractivity contribution in [2.45, 2.75) is 24.9 Å². The Balaban J connectivity index is 1.51. The molecular formula is C11H13BrN2O. The average molecular weight is 269 g/mol. The highest BCUT2D eigenvalue weighted by molar-refractivity contribution is 9.10. The number of ether oxygens (including phenoxy) is 1. The topological polar surface area (TPSA) is 34.1 Å². The molecule has 2 aliphatic rings. The highest BCUT2D eigenvalue weighted by Gasteiger charge is 2.45. The second-order valence-electron chi connectivity index (χ2n) is 4.33. The van der Waals surface area contributed by atoms with E-state index in [2.05, 4.69) is 26.2 Å². The van der Waals surface area contributed by atoms with E-state index in [-0.39, 0.29) is 0 Å². The molecule has 0 unspecified atom stereocenters. The zero-order valence-electron chi connectivity index (χ0n) is 8.32. The van der Waals surface area contributed by atoms with Crippen LogP contribution in [0.15, 0.2) is 22.9 Å². The molecule has 1 aromatic rings. The van der Waals surface area contributed by atoms with Gasteiger partial charge in [0.1, 0.15) is 17.0 Å². The molecule has 80 valence electrons. The molecule has 3 atom stereocenters. The molecule has 1 saturated carbocycles. The minimum atomic E-state index is 0.539. The molecule has 2 fully saturated rings. The van der Waals surface area contributed by atoms with Crippen molar-refractivity contribution in [3.8, 4) is 5.75 Å². The van der Waals surface area contributed by atoms with Crippen LogP contribution in [0.25, 0.3) is 0 Å². The number of halogens is 1. The number of piperidine rings is 1. The highest BCUT2D eigenvalue weighted by atomic mass is 79.9. The lowest BCUT2D eigenvalue weighted by atomic mass is 10.2. The van der Waals surface area contributed by atoms with Gasteiger partial charge in [-0.3, -0.25) is 0 Å². The Hall–Kier alpha value is -0.610. The predicted octanol–water partition coefficient (Wildman–Crippen LogP) is 1.97. The number of pyridine rings is 1.